The highest BCUT2D eigenvalue weighted by Crippen LogP contribution is 2.37. The fourth-order valence-electron chi connectivity index (χ4n) is 5.52. The Kier molecular flexibility index (Phi) is 10.6. The number of ether oxygens (including phenoxy) is 4. The molecule has 0 radical (unpaired) electrons. The van der Waals surface area contributed by atoms with Crippen molar-refractivity contribution in [2.45, 2.75) is 26.5 Å². The highest BCUT2D eigenvalue weighted by atomic mass is 127. The number of thiazole rings is 1. The summed E-state index contributed by atoms with van der Waals surface area (Å²) in [5, 5.41) is 0. The maximum Gasteiger partial charge on any atom is 0.338 e. The molecule has 11 heteroatoms. The molecule has 0 amide bonds. The van der Waals surface area contributed by atoms with Gasteiger partial charge in [0, 0.05) is 5.56 Å². The van der Waals surface area contributed by atoms with Gasteiger partial charge in [-0.05, 0) is 95.6 Å². The van der Waals surface area contributed by atoms with Crippen molar-refractivity contribution in [3.05, 3.63) is 148 Å². The number of halogens is 2. The number of fused-ring (bicyclic) bond motifs is 1. The molecule has 1 aromatic heterocycles. The van der Waals surface area contributed by atoms with E-state index in [-0.39, 0.29) is 30.2 Å². The largest absolute Gasteiger partial charge is 0.494 e. The molecule has 0 aliphatic carbocycles. The first-order valence-electron chi connectivity index (χ1n) is 15.6. The molecule has 4 aromatic carbocycles. The zero-order chi connectivity index (χ0) is 34.5. The number of esters is 1. The molecule has 0 N–H and O–H groups in total. The van der Waals surface area contributed by atoms with Gasteiger partial charge >= 0.3 is 5.97 Å². The van der Waals surface area contributed by atoms with Crippen molar-refractivity contribution in [2.75, 3.05) is 20.3 Å². The van der Waals surface area contributed by atoms with E-state index < -0.39 is 12.0 Å². The number of rotatable bonds is 11. The van der Waals surface area contributed by atoms with Crippen molar-refractivity contribution in [1.29, 1.82) is 0 Å². The van der Waals surface area contributed by atoms with Crippen molar-refractivity contribution >= 4 is 51.7 Å². The molecule has 0 bridgehead atoms. The molecule has 8 nitrogen and oxygen atoms in total. The van der Waals surface area contributed by atoms with E-state index in [1.807, 2.05) is 67.6 Å². The predicted molar refractivity (Wildman–Crippen MR) is 195 cm³/mol. The van der Waals surface area contributed by atoms with Crippen LogP contribution in [0.1, 0.15) is 42.1 Å². The van der Waals surface area contributed by atoms with Crippen LogP contribution < -0.4 is 29.1 Å². The van der Waals surface area contributed by atoms with Gasteiger partial charge in [0.2, 0.25) is 0 Å². The van der Waals surface area contributed by atoms with E-state index in [0.29, 0.717) is 50.0 Å². The van der Waals surface area contributed by atoms with Crippen LogP contribution in [0.5, 0.6) is 17.2 Å². The molecule has 1 aliphatic heterocycles. The smallest absolute Gasteiger partial charge is 0.338 e. The molecule has 1 atom stereocenters. The molecular formula is C38H32FIN2O6S. The van der Waals surface area contributed by atoms with Gasteiger partial charge in [-0.1, -0.05) is 65.9 Å². The van der Waals surface area contributed by atoms with Gasteiger partial charge in [0.15, 0.2) is 16.3 Å². The number of carbonyl (C=O) groups is 1. The molecule has 250 valence electrons. The lowest BCUT2D eigenvalue weighted by Crippen LogP contribution is -2.40. The van der Waals surface area contributed by atoms with Crippen LogP contribution in [0.15, 0.2) is 106 Å². The minimum absolute atomic E-state index is 0.162. The van der Waals surface area contributed by atoms with Crippen molar-refractivity contribution < 1.29 is 28.1 Å². The third-order valence-electron chi connectivity index (χ3n) is 7.73. The van der Waals surface area contributed by atoms with Crippen LogP contribution in [0.4, 0.5) is 4.39 Å². The Morgan fingerprint density at radius 3 is 2.39 bits per heavy atom. The number of hydrogen-bond donors (Lipinski definition) is 0. The Morgan fingerprint density at radius 2 is 1.71 bits per heavy atom. The van der Waals surface area contributed by atoms with Gasteiger partial charge in [-0.25, -0.2) is 14.2 Å². The topological polar surface area (TPSA) is 88.4 Å². The molecule has 5 aromatic rings. The normalized spacial score (nSPS) is 14.2. The third kappa shape index (κ3) is 7.32. The van der Waals surface area contributed by atoms with Crippen molar-refractivity contribution in [3.63, 3.8) is 0 Å². The minimum Gasteiger partial charge on any atom is -0.494 e. The number of benzene rings is 4. The zero-order valence-electron chi connectivity index (χ0n) is 26.9. The van der Waals surface area contributed by atoms with E-state index in [0.717, 1.165) is 14.7 Å². The standard InChI is InChI=1S/C38H32FIN2O6S/c1-4-46-28-17-13-26(14-18-28)34-32(37(44)47-5-2)33(25-9-7-6-8-10-25)41-38-42(34)36(43)31(49-38)21-24-19-29(40)35(30(20-24)45-3)48-22-23-11-15-27(39)16-12-23/h6-21,34H,4-5,22H2,1-3H3/b31-21-/t34-/m1/s1. The van der Waals surface area contributed by atoms with Crippen LogP contribution in [-0.4, -0.2) is 30.9 Å². The molecular weight excluding hydrogens is 758 g/mol. The van der Waals surface area contributed by atoms with E-state index in [1.54, 1.807) is 42.9 Å². The lowest BCUT2D eigenvalue weighted by Gasteiger charge is -2.26. The van der Waals surface area contributed by atoms with Crippen LogP contribution in [0, 0.1) is 9.39 Å². The fourth-order valence-corrected chi connectivity index (χ4v) is 7.30. The van der Waals surface area contributed by atoms with Crippen LogP contribution in [0.3, 0.4) is 0 Å². The summed E-state index contributed by atoms with van der Waals surface area (Å²) in [4.78, 5) is 33.4. The van der Waals surface area contributed by atoms with Crippen molar-refractivity contribution in [1.82, 2.24) is 4.57 Å². The molecule has 0 fully saturated rings. The fraction of sp³-hybridized carbons (Fsp3) is 0.184. The number of hydrogen-bond acceptors (Lipinski definition) is 8. The summed E-state index contributed by atoms with van der Waals surface area (Å²) in [6.45, 7) is 4.55. The van der Waals surface area contributed by atoms with E-state index in [9.17, 15) is 14.0 Å². The summed E-state index contributed by atoms with van der Waals surface area (Å²) in [6, 6.07) is 25.8. The minimum atomic E-state index is -0.805. The first kappa shape index (κ1) is 34.1. The number of methoxy groups -OCH3 is 1. The van der Waals surface area contributed by atoms with E-state index in [1.165, 1.54) is 23.5 Å². The first-order chi connectivity index (χ1) is 23.8. The van der Waals surface area contributed by atoms with Gasteiger partial charge in [-0.3, -0.25) is 9.36 Å². The number of carbonyl (C=O) groups excluding carboxylic acids is 1. The number of nitrogens with zero attached hydrogens (tertiary/aromatic N) is 2. The Balaban J connectivity index is 1.48. The van der Waals surface area contributed by atoms with E-state index >= 15 is 0 Å². The van der Waals surface area contributed by atoms with Gasteiger partial charge in [0.1, 0.15) is 18.2 Å². The Morgan fingerprint density at radius 1 is 0.980 bits per heavy atom. The van der Waals surface area contributed by atoms with Crippen molar-refractivity contribution in [3.8, 4) is 17.2 Å². The van der Waals surface area contributed by atoms with Gasteiger partial charge in [-0.15, -0.1) is 0 Å². The average Bonchev–Trinajstić information content (AvgIpc) is 3.42. The SMILES string of the molecule is CCOC(=O)C1=C(c2ccccc2)N=c2s/c(=C\c3cc(I)c(OCc4ccc(F)cc4)c(OC)c3)c(=O)n2[C@@H]1c1ccc(OCC)cc1. The summed E-state index contributed by atoms with van der Waals surface area (Å²) < 4.78 is 39.1. The molecule has 0 saturated heterocycles. The first-order valence-corrected chi connectivity index (χ1v) is 17.5. The predicted octanol–water partition coefficient (Wildman–Crippen LogP) is 6.67. The second kappa shape index (κ2) is 15.2. The quantitative estimate of drug-likeness (QED) is 0.110. The summed E-state index contributed by atoms with van der Waals surface area (Å²) in [5.74, 6) is 0.833. The highest BCUT2D eigenvalue weighted by molar-refractivity contribution is 14.1. The van der Waals surface area contributed by atoms with E-state index in [2.05, 4.69) is 22.6 Å². The molecule has 49 heavy (non-hydrogen) atoms. The van der Waals surface area contributed by atoms with Gasteiger partial charge in [0.25, 0.3) is 5.56 Å². The molecule has 0 unspecified atom stereocenters. The third-order valence-corrected chi connectivity index (χ3v) is 9.51. The second-order valence-electron chi connectivity index (χ2n) is 10.9. The monoisotopic (exact) mass is 790 g/mol. The Labute approximate surface area is 299 Å². The van der Waals surface area contributed by atoms with Crippen LogP contribution in [-0.2, 0) is 16.1 Å². The lowest BCUT2D eigenvalue weighted by molar-refractivity contribution is -0.138. The van der Waals surface area contributed by atoms with E-state index in [4.69, 9.17) is 23.9 Å². The zero-order valence-corrected chi connectivity index (χ0v) is 29.9. The summed E-state index contributed by atoms with van der Waals surface area (Å²) in [6.07, 6.45) is 1.78. The van der Waals surface area contributed by atoms with Gasteiger partial charge < -0.3 is 18.9 Å². The van der Waals surface area contributed by atoms with Crippen LogP contribution >= 0.6 is 33.9 Å². The maximum atomic E-state index is 14.3. The molecule has 0 spiro atoms. The van der Waals surface area contributed by atoms with Crippen LogP contribution in [0.25, 0.3) is 11.8 Å². The molecule has 6 rings (SSSR count). The van der Waals surface area contributed by atoms with Crippen molar-refractivity contribution in [2.24, 2.45) is 4.99 Å². The lowest BCUT2D eigenvalue weighted by atomic mass is 9.93. The van der Waals surface area contributed by atoms with Gasteiger partial charge in [-0.2, -0.15) is 0 Å². The molecule has 0 saturated carbocycles. The average molecular weight is 791 g/mol. The molecule has 2 heterocycles. The Bertz CT molecular complexity index is 2200. The number of aromatic nitrogens is 1. The maximum absolute atomic E-state index is 14.3. The Hall–Kier alpha value is -4.75. The second-order valence-corrected chi connectivity index (χ2v) is 13.1. The summed E-state index contributed by atoms with van der Waals surface area (Å²) in [7, 11) is 1.55. The molecule has 1 aliphatic rings. The summed E-state index contributed by atoms with van der Waals surface area (Å²) in [5.41, 5.74) is 3.38. The van der Waals surface area contributed by atoms with Crippen LogP contribution in [0.2, 0.25) is 0 Å². The van der Waals surface area contributed by atoms with Gasteiger partial charge in [0.05, 0.1) is 45.7 Å². The summed E-state index contributed by atoms with van der Waals surface area (Å²) >= 11 is 3.40. The highest BCUT2D eigenvalue weighted by Gasteiger charge is 2.35.